The second kappa shape index (κ2) is 9.28. The molecule has 1 aromatic carbocycles. The molecule has 1 aromatic heterocycles. The highest BCUT2D eigenvalue weighted by Crippen LogP contribution is 2.39. The smallest absolute Gasteiger partial charge is 0.417 e. The Morgan fingerprint density at radius 1 is 1.13 bits per heavy atom. The molecule has 0 saturated carbocycles. The van der Waals surface area contributed by atoms with Crippen molar-refractivity contribution in [2.45, 2.75) is 17.5 Å². The molecule has 31 heavy (non-hydrogen) atoms. The number of amides is 1. The molecule has 0 unspecified atom stereocenters. The van der Waals surface area contributed by atoms with Crippen molar-refractivity contribution in [1.29, 1.82) is 0 Å². The SMILES string of the molecule is COc1cc(OC)nc(C(=O)NS(=O)(=O)c2c(OCC(F)F)cccc2C(F)(F)F)n1. The Bertz CT molecular complexity index is 1040. The second-order valence-corrected chi connectivity index (χ2v) is 7.16. The predicted molar refractivity (Wildman–Crippen MR) is 92.7 cm³/mol. The monoisotopic (exact) mass is 471 g/mol. The Hall–Kier alpha value is -3.23. The van der Waals surface area contributed by atoms with Crippen LogP contribution in [0.25, 0.3) is 0 Å². The summed E-state index contributed by atoms with van der Waals surface area (Å²) in [5, 5.41) is 0. The summed E-state index contributed by atoms with van der Waals surface area (Å²) in [4.78, 5) is 18.0. The minimum Gasteiger partial charge on any atom is -0.486 e. The molecule has 0 aliphatic rings. The van der Waals surface area contributed by atoms with Gasteiger partial charge in [0, 0.05) is 0 Å². The van der Waals surface area contributed by atoms with E-state index in [0.717, 1.165) is 18.2 Å². The minimum absolute atomic E-state index is 0.203. The molecular formula is C16H14F5N3O6S. The highest BCUT2D eigenvalue weighted by Gasteiger charge is 2.40. The molecule has 0 aliphatic carbocycles. The van der Waals surface area contributed by atoms with Crippen LogP contribution in [0.5, 0.6) is 17.5 Å². The van der Waals surface area contributed by atoms with E-state index in [1.807, 2.05) is 0 Å². The fourth-order valence-corrected chi connectivity index (χ4v) is 3.52. The van der Waals surface area contributed by atoms with Crippen LogP contribution in [0.4, 0.5) is 22.0 Å². The molecule has 1 heterocycles. The lowest BCUT2D eigenvalue weighted by Crippen LogP contribution is -2.34. The summed E-state index contributed by atoms with van der Waals surface area (Å²) >= 11 is 0. The Morgan fingerprint density at radius 2 is 1.71 bits per heavy atom. The van der Waals surface area contributed by atoms with Crippen molar-refractivity contribution in [2.24, 2.45) is 0 Å². The third kappa shape index (κ3) is 5.90. The highest BCUT2D eigenvalue weighted by atomic mass is 32.2. The fourth-order valence-electron chi connectivity index (χ4n) is 2.22. The van der Waals surface area contributed by atoms with Crippen LogP contribution in [-0.4, -0.2) is 51.5 Å². The molecule has 2 aromatic rings. The van der Waals surface area contributed by atoms with E-state index in [2.05, 4.69) is 14.7 Å². The van der Waals surface area contributed by atoms with E-state index in [1.165, 1.54) is 18.9 Å². The topological polar surface area (TPSA) is 117 Å². The number of hydrogen-bond donors (Lipinski definition) is 1. The van der Waals surface area contributed by atoms with Crippen molar-refractivity contribution in [3.05, 3.63) is 35.7 Å². The molecule has 2 rings (SSSR count). The minimum atomic E-state index is -5.29. The highest BCUT2D eigenvalue weighted by molar-refractivity contribution is 7.90. The Kier molecular flexibility index (Phi) is 7.20. The zero-order chi connectivity index (χ0) is 23.4. The van der Waals surface area contributed by atoms with Gasteiger partial charge in [0.05, 0.1) is 25.8 Å². The number of sulfonamides is 1. The average molecular weight is 471 g/mol. The molecule has 9 nitrogen and oxygen atoms in total. The van der Waals surface area contributed by atoms with Crippen molar-refractivity contribution < 1.29 is 49.4 Å². The van der Waals surface area contributed by atoms with Gasteiger partial charge in [-0.05, 0) is 12.1 Å². The Labute approximate surface area is 172 Å². The first kappa shape index (κ1) is 24.0. The van der Waals surface area contributed by atoms with Crippen LogP contribution in [0, 0.1) is 0 Å². The van der Waals surface area contributed by atoms with E-state index >= 15 is 0 Å². The Balaban J connectivity index is 2.53. The zero-order valence-corrected chi connectivity index (χ0v) is 16.6. The third-order valence-electron chi connectivity index (χ3n) is 3.45. The number of hydrogen-bond acceptors (Lipinski definition) is 8. The molecule has 1 N–H and O–H groups in total. The lowest BCUT2D eigenvalue weighted by molar-refractivity contribution is -0.140. The maximum atomic E-state index is 13.4. The molecule has 15 heteroatoms. The van der Waals surface area contributed by atoms with Gasteiger partial charge < -0.3 is 14.2 Å². The summed E-state index contributed by atoms with van der Waals surface area (Å²) in [5.74, 6) is -3.77. The molecule has 0 fully saturated rings. The number of ether oxygens (including phenoxy) is 3. The third-order valence-corrected chi connectivity index (χ3v) is 4.86. The van der Waals surface area contributed by atoms with Gasteiger partial charge in [-0.25, -0.2) is 21.9 Å². The van der Waals surface area contributed by atoms with E-state index < -0.39 is 57.2 Å². The number of carbonyl (C=O) groups excluding carboxylic acids is 1. The first-order chi connectivity index (χ1) is 14.4. The van der Waals surface area contributed by atoms with Crippen LogP contribution in [0.15, 0.2) is 29.2 Å². The molecule has 0 spiro atoms. The van der Waals surface area contributed by atoms with Gasteiger partial charge in [0.2, 0.25) is 17.6 Å². The van der Waals surface area contributed by atoms with Gasteiger partial charge in [0.1, 0.15) is 17.3 Å². The van der Waals surface area contributed by atoms with Gasteiger partial charge in [-0.3, -0.25) is 4.79 Å². The number of methoxy groups -OCH3 is 2. The largest absolute Gasteiger partial charge is 0.486 e. The number of nitrogens with zero attached hydrogens (tertiary/aromatic N) is 2. The van der Waals surface area contributed by atoms with E-state index in [0.29, 0.717) is 6.07 Å². The molecule has 0 atom stereocenters. The fraction of sp³-hybridized carbons (Fsp3) is 0.312. The van der Waals surface area contributed by atoms with Crippen molar-refractivity contribution in [2.75, 3.05) is 20.8 Å². The normalized spacial score (nSPS) is 11.9. The molecule has 0 aliphatic heterocycles. The number of aromatic nitrogens is 2. The average Bonchev–Trinajstić information content (AvgIpc) is 2.70. The molecule has 0 saturated heterocycles. The maximum Gasteiger partial charge on any atom is 0.417 e. The van der Waals surface area contributed by atoms with E-state index in [9.17, 15) is 35.2 Å². The van der Waals surface area contributed by atoms with Crippen LogP contribution in [-0.2, 0) is 16.2 Å². The van der Waals surface area contributed by atoms with Crippen molar-refractivity contribution >= 4 is 15.9 Å². The molecule has 1 amide bonds. The van der Waals surface area contributed by atoms with Crippen LogP contribution >= 0.6 is 0 Å². The van der Waals surface area contributed by atoms with Crippen molar-refractivity contribution in [1.82, 2.24) is 14.7 Å². The quantitative estimate of drug-likeness (QED) is 0.583. The molecule has 0 radical (unpaired) electrons. The van der Waals surface area contributed by atoms with Gasteiger partial charge in [-0.2, -0.15) is 23.1 Å². The second-order valence-electron chi connectivity index (χ2n) is 5.54. The molecule has 170 valence electrons. The summed E-state index contributed by atoms with van der Waals surface area (Å²) in [6, 6.07) is 3.04. The van der Waals surface area contributed by atoms with Crippen molar-refractivity contribution in [3.8, 4) is 17.5 Å². The van der Waals surface area contributed by atoms with Gasteiger partial charge in [-0.15, -0.1) is 0 Å². The number of rotatable bonds is 8. The maximum absolute atomic E-state index is 13.4. The Morgan fingerprint density at radius 3 is 2.19 bits per heavy atom. The standard InChI is InChI=1S/C16H14F5N3O6S/c1-28-11-6-12(29-2)23-14(22-11)15(25)24-31(26,27)13-8(16(19,20)21)4-3-5-9(13)30-7-10(17)18/h3-6,10H,7H2,1-2H3,(H,24,25). The van der Waals surface area contributed by atoms with Gasteiger partial charge in [0.25, 0.3) is 16.4 Å². The van der Waals surface area contributed by atoms with E-state index in [-0.39, 0.29) is 11.8 Å². The van der Waals surface area contributed by atoms with Crippen molar-refractivity contribution in [3.63, 3.8) is 0 Å². The first-order valence-corrected chi connectivity index (χ1v) is 9.52. The van der Waals surface area contributed by atoms with Crippen LogP contribution in [0.1, 0.15) is 16.2 Å². The van der Waals surface area contributed by atoms with Crippen LogP contribution in [0.3, 0.4) is 0 Å². The number of benzene rings is 1. The summed E-state index contributed by atoms with van der Waals surface area (Å²) in [5.41, 5.74) is -1.73. The number of halogens is 5. The zero-order valence-electron chi connectivity index (χ0n) is 15.7. The van der Waals surface area contributed by atoms with Crippen LogP contribution in [0.2, 0.25) is 0 Å². The first-order valence-electron chi connectivity index (χ1n) is 8.04. The van der Waals surface area contributed by atoms with E-state index in [1.54, 1.807) is 0 Å². The van der Waals surface area contributed by atoms with E-state index in [4.69, 9.17) is 9.47 Å². The van der Waals surface area contributed by atoms with Gasteiger partial charge in [-0.1, -0.05) is 6.07 Å². The summed E-state index contributed by atoms with van der Waals surface area (Å²) in [7, 11) is -2.94. The number of nitrogens with one attached hydrogen (secondary N) is 1. The number of alkyl halides is 5. The van der Waals surface area contributed by atoms with Gasteiger partial charge >= 0.3 is 12.1 Å². The molecule has 0 bridgehead atoms. The molecular weight excluding hydrogens is 457 g/mol. The van der Waals surface area contributed by atoms with Crippen LogP contribution < -0.4 is 18.9 Å². The van der Waals surface area contributed by atoms with Gasteiger partial charge in [0.15, 0.2) is 0 Å². The lowest BCUT2D eigenvalue weighted by Gasteiger charge is -2.17. The summed E-state index contributed by atoms with van der Waals surface area (Å²) in [6.07, 6.45) is -8.31. The summed E-state index contributed by atoms with van der Waals surface area (Å²) < 4.78 is 106. The number of carbonyl (C=O) groups is 1. The summed E-state index contributed by atoms with van der Waals surface area (Å²) in [6.45, 7) is -1.38. The lowest BCUT2D eigenvalue weighted by atomic mass is 10.2. The predicted octanol–water partition coefficient (Wildman–Crippen LogP) is 2.28.